The standard InChI is InChI=1S/C26H46N2O.ClH.H2O/c1-4-5-6-7-8-9-10-11-12-13-17-23-26(29)27-28(2,3)24-19-18-22-25-20-15-14-16-21-25;;/h14-16,20-21H,4-13,17-19,22-24H2,1-3H3;1H;1H2. The van der Waals surface area contributed by atoms with Gasteiger partial charge >= 0.3 is 0 Å². The highest BCUT2D eigenvalue weighted by atomic mass is 35.5. The van der Waals surface area contributed by atoms with Crippen LogP contribution in [0.5, 0.6) is 0 Å². The van der Waals surface area contributed by atoms with Crippen molar-refractivity contribution in [3.63, 3.8) is 0 Å². The maximum absolute atomic E-state index is 12.2. The molecule has 0 unspecified atom stereocenters. The summed E-state index contributed by atoms with van der Waals surface area (Å²) in [5.41, 5.74) is 4.59. The van der Waals surface area contributed by atoms with Crippen molar-refractivity contribution in [3.05, 3.63) is 35.9 Å². The van der Waals surface area contributed by atoms with Gasteiger partial charge in [0.05, 0.1) is 14.1 Å². The summed E-state index contributed by atoms with van der Waals surface area (Å²) in [6.07, 6.45) is 18.6. The molecule has 1 aromatic rings. The summed E-state index contributed by atoms with van der Waals surface area (Å²) in [7, 11) is 4.20. The van der Waals surface area contributed by atoms with Crippen molar-refractivity contribution in [2.75, 3.05) is 20.6 Å². The first-order chi connectivity index (χ1) is 14.0. The lowest BCUT2D eigenvalue weighted by Gasteiger charge is -2.29. The van der Waals surface area contributed by atoms with Crippen LogP contribution in [0, 0.1) is 0 Å². The molecule has 182 valence electrons. The Balaban J connectivity index is 0. The molecule has 0 aliphatic rings. The van der Waals surface area contributed by atoms with E-state index in [1.807, 2.05) is 0 Å². The van der Waals surface area contributed by atoms with Crippen LogP contribution in [0.2, 0.25) is 0 Å². The quantitative estimate of drug-likeness (QED) is 0.206. The van der Waals surface area contributed by atoms with Crippen LogP contribution in [-0.4, -0.2) is 36.6 Å². The Hall–Kier alpha value is -1.10. The minimum atomic E-state index is 0. The molecule has 1 aromatic carbocycles. The van der Waals surface area contributed by atoms with Crippen LogP contribution in [0.3, 0.4) is 0 Å². The summed E-state index contributed by atoms with van der Waals surface area (Å²) in [6.45, 7) is 3.25. The molecule has 1 amide bonds. The number of aryl methyl sites for hydroxylation is 1. The second-order valence-corrected chi connectivity index (χ2v) is 9.17. The van der Waals surface area contributed by atoms with E-state index in [9.17, 15) is 4.79 Å². The predicted molar refractivity (Wildman–Crippen MR) is 129 cm³/mol. The summed E-state index contributed by atoms with van der Waals surface area (Å²) in [4.78, 5) is 12.2. The zero-order chi connectivity index (χ0) is 21.2. The summed E-state index contributed by atoms with van der Waals surface area (Å²) in [5, 5.41) is 0. The number of quaternary nitrogens is 1. The van der Waals surface area contributed by atoms with E-state index in [1.165, 1.54) is 76.2 Å². The third kappa shape index (κ3) is 19.3. The number of halogens is 1. The van der Waals surface area contributed by atoms with Gasteiger partial charge in [-0.25, -0.2) is 10.0 Å². The van der Waals surface area contributed by atoms with Gasteiger partial charge in [0.1, 0.15) is 6.54 Å². The van der Waals surface area contributed by atoms with Crippen LogP contribution in [-0.2, 0) is 11.2 Å². The Morgan fingerprint density at radius 1 is 0.774 bits per heavy atom. The topological polar surface area (TPSA) is 60.6 Å². The smallest absolute Gasteiger partial charge is 0.264 e. The zero-order valence-corrected chi connectivity index (χ0v) is 21.2. The van der Waals surface area contributed by atoms with Crippen molar-refractivity contribution in [1.29, 1.82) is 0 Å². The van der Waals surface area contributed by atoms with E-state index in [4.69, 9.17) is 0 Å². The fraction of sp³-hybridized carbons (Fsp3) is 0.731. The van der Waals surface area contributed by atoms with Gasteiger partial charge in [0, 0.05) is 6.42 Å². The molecule has 3 N–H and O–H groups in total. The largest absolute Gasteiger partial charge is 1.00 e. The minimum Gasteiger partial charge on any atom is -1.00 e. The first-order valence-electron chi connectivity index (χ1n) is 12.2. The molecule has 0 bridgehead atoms. The maximum Gasteiger partial charge on any atom is 0.264 e. The number of unbranched alkanes of at least 4 members (excludes halogenated alkanes) is 11. The molecule has 5 heteroatoms. The highest BCUT2D eigenvalue weighted by Crippen LogP contribution is 2.12. The summed E-state index contributed by atoms with van der Waals surface area (Å²) < 4.78 is 0.589. The fourth-order valence-electron chi connectivity index (χ4n) is 3.88. The molecule has 0 spiro atoms. The van der Waals surface area contributed by atoms with E-state index in [0.717, 1.165) is 25.8 Å². The van der Waals surface area contributed by atoms with E-state index in [-0.39, 0.29) is 23.8 Å². The molecular weight excluding hydrogens is 408 g/mol. The first-order valence-corrected chi connectivity index (χ1v) is 12.2. The molecule has 31 heavy (non-hydrogen) atoms. The molecule has 4 nitrogen and oxygen atoms in total. The van der Waals surface area contributed by atoms with Crippen LogP contribution in [0.1, 0.15) is 102 Å². The van der Waals surface area contributed by atoms with Gasteiger partial charge in [-0.3, -0.25) is 4.79 Å². The van der Waals surface area contributed by atoms with Crippen LogP contribution < -0.4 is 17.8 Å². The van der Waals surface area contributed by atoms with Gasteiger partial charge in [-0.05, 0) is 31.2 Å². The molecule has 0 aromatic heterocycles. The van der Waals surface area contributed by atoms with Crippen LogP contribution >= 0.6 is 0 Å². The van der Waals surface area contributed by atoms with Gasteiger partial charge < -0.3 is 17.9 Å². The molecule has 1 rings (SSSR count). The van der Waals surface area contributed by atoms with Gasteiger partial charge in [0.25, 0.3) is 5.91 Å². The lowest BCUT2D eigenvalue weighted by Crippen LogP contribution is -3.00. The monoisotopic (exact) mass is 456 g/mol. The Bertz CT molecular complexity index is 523. The normalized spacial score (nSPS) is 10.8. The Morgan fingerprint density at radius 2 is 1.29 bits per heavy atom. The third-order valence-electron chi connectivity index (χ3n) is 5.71. The molecule has 0 atom stereocenters. The minimum absolute atomic E-state index is 0. The molecule has 0 saturated heterocycles. The Morgan fingerprint density at radius 3 is 1.84 bits per heavy atom. The van der Waals surface area contributed by atoms with Crippen molar-refractivity contribution in [3.8, 4) is 0 Å². The van der Waals surface area contributed by atoms with Crippen molar-refractivity contribution < 1.29 is 27.3 Å². The number of benzene rings is 1. The average molecular weight is 457 g/mol. The van der Waals surface area contributed by atoms with E-state index < -0.39 is 0 Å². The number of carbonyl (C=O) groups is 1. The number of hydrogen-bond donors (Lipinski definition) is 1. The van der Waals surface area contributed by atoms with E-state index in [1.54, 1.807) is 0 Å². The highest BCUT2D eigenvalue weighted by Gasteiger charge is 2.18. The van der Waals surface area contributed by atoms with Gasteiger partial charge in [0.15, 0.2) is 0 Å². The SMILES string of the molecule is CCCCCCCCCCCCCC(=O)N[N+](C)(C)CCCCc1ccccc1.O.[Cl-]. The summed E-state index contributed by atoms with van der Waals surface area (Å²) >= 11 is 0. The van der Waals surface area contributed by atoms with Crippen molar-refractivity contribution in [1.82, 2.24) is 5.43 Å². The second-order valence-electron chi connectivity index (χ2n) is 9.17. The van der Waals surface area contributed by atoms with E-state index in [0.29, 0.717) is 11.0 Å². The third-order valence-corrected chi connectivity index (χ3v) is 5.71. The number of hydrogen-bond acceptors (Lipinski definition) is 1. The maximum atomic E-state index is 12.2. The average Bonchev–Trinajstić information content (AvgIpc) is 2.70. The first kappa shape index (κ1) is 32.1. The van der Waals surface area contributed by atoms with Gasteiger partial charge in [0.2, 0.25) is 0 Å². The van der Waals surface area contributed by atoms with Crippen LogP contribution in [0.25, 0.3) is 0 Å². The molecule has 0 radical (unpaired) electrons. The molecule has 0 aliphatic heterocycles. The van der Waals surface area contributed by atoms with Gasteiger partial charge in [-0.15, -0.1) is 0 Å². The number of carbonyl (C=O) groups excluding carboxylic acids is 1. The molecule has 0 fully saturated rings. The number of nitrogens with one attached hydrogen (secondary N) is 1. The van der Waals surface area contributed by atoms with Gasteiger partial charge in [-0.2, -0.15) is 0 Å². The Labute approximate surface area is 198 Å². The molecule has 0 saturated carbocycles. The van der Waals surface area contributed by atoms with Crippen molar-refractivity contribution in [2.24, 2.45) is 0 Å². The lowest BCUT2D eigenvalue weighted by atomic mass is 10.1. The molecular formula is C26H49ClN2O2. The van der Waals surface area contributed by atoms with Gasteiger partial charge in [-0.1, -0.05) is 101 Å². The van der Waals surface area contributed by atoms with Crippen LogP contribution in [0.4, 0.5) is 0 Å². The molecule has 0 aliphatic carbocycles. The number of amides is 1. The Kier molecular flexibility index (Phi) is 21.5. The van der Waals surface area contributed by atoms with Crippen molar-refractivity contribution in [2.45, 2.75) is 103 Å². The second kappa shape index (κ2) is 20.8. The summed E-state index contributed by atoms with van der Waals surface area (Å²) in [6, 6.07) is 10.6. The highest BCUT2D eigenvalue weighted by molar-refractivity contribution is 5.74. The van der Waals surface area contributed by atoms with Crippen LogP contribution in [0.15, 0.2) is 30.3 Å². The van der Waals surface area contributed by atoms with E-state index >= 15 is 0 Å². The van der Waals surface area contributed by atoms with Crippen molar-refractivity contribution >= 4 is 5.91 Å². The number of nitrogens with zero attached hydrogens (tertiary/aromatic N) is 1. The fourth-order valence-corrected chi connectivity index (χ4v) is 3.88. The molecule has 0 heterocycles. The van der Waals surface area contributed by atoms with E-state index in [2.05, 4.69) is 56.8 Å². The lowest BCUT2D eigenvalue weighted by molar-refractivity contribution is -0.925. The predicted octanol–water partition coefficient (Wildman–Crippen LogP) is 3.00. The number of rotatable bonds is 18. The zero-order valence-electron chi connectivity index (χ0n) is 20.4. The summed E-state index contributed by atoms with van der Waals surface area (Å²) in [5.74, 6) is 0.203.